The van der Waals surface area contributed by atoms with Gasteiger partial charge >= 0.3 is 5.97 Å². The summed E-state index contributed by atoms with van der Waals surface area (Å²) < 4.78 is 26.4. The van der Waals surface area contributed by atoms with E-state index in [0.29, 0.717) is 47.0 Å². The van der Waals surface area contributed by atoms with E-state index in [-0.39, 0.29) is 33.2 Å². The summed E-state index contributed by atoms with van der Waals surface area (Å²) in [6, 6.07) is 7.75. The summed E-state index contributed by atoms with van der Waals surface area (Å²) in [6.07, 6.45) is 15.1. The van der Waals surface area contributed by atoms with Gasteiger partial charge in [-0.2, -0.15) is 0 Å². The highest BCUT2D eigenvalue weighted by atomic mass is 32.2. The number of carboxylic acids is 1. The number of rotatable bonds is 9. The maximum absolute atomic E-state index is 11.8. The van der Waals surface area contributed by atoms with Crippen LogP contribution in [0.1, 0.15) is 115 Å². The standard InChI is InChI=1S/C44H65N3O4S/c1-27(2)30-15-20-44(45-23-24-47-25-31-32(26-47)38(31)46-52(8,50)51)22-21-42(6)34(37(30)44)13-14-36-41(5)18-16-33(28-9-11-29(12-10-28)39(48)49)40(3,4)35(41)17-19-43(36,42)7/h9-12,16,30-32,34-38,45-46H,1,13-15,17-26H2,2-8H3,(H,48,49). The van der Waals surface area contributed by atoms with Crippen LogP contribution in [0, 0.1) is 63.1 Å². The molecule has 11 atom stereocenters. The molecule has 0 amide bonds. The van der Waals surface area contributed by atoms with Crippen molar-refractivity contribution in [3.05, 3.63) is 53.6 Å². The van der Waals surface area contributed by atoms with Crippen LogP contribution in [0.4, 0.5) is 0 Å². The largest absolute Gasteiger partial charge is 0.478 e. The molecule has 0 radical (unpaired) electrons. The second-order valence-electron chi connectivity index (χ2n) is 20.2. The maximum atomic E-state index is 11.8. The summed E-state index contributed by atoms with van der Waals surface area (Å²) in [5.41, 5.74) is 5.32. The summed E-state index contributed by atoms with van der Waals surface area (Å²) in [7, 11) is -3.14. The SMILES string of the molecule is C=C(C)C1CCC2(NCCN3CC4C(C3)C4NS(C)(=O)=O)CCC3(C)C(CCC4C5(C)CC=C(c6ccc(C(=O)O)cc6)C(C)(C)C5CCC43C)C12. The van der Waals surface area contributed by atoms with Gasteiger partial charge in [-0.3, -0.25) is 0 Å². The van der Waals surface area contributed by atoms with E-state index >= 15 is 0 Å². The fourth-order valence-corrected chi connectivity index (χ4v) is 15.9. The molecule has 6 aliphatic carbocycles. The summed E-state index contributed by atoms with van der Waals surface area (Å²) in [5.74, 6) is 3.26. The lowest BCUT2D eigenvalue weighted by Gasteiger charge is -2.72. The molecule has 11 unspecified atom stereocenters. The predicted molar refractivity (Wildman–Crippen MR) is 209 cm³/mol. The summed E-state index contributed by atoms with van der Waals surface area (Å²) in [5, 5.41) is 13.8. The van der Waals surface area contributed by atoms with Crippen molar-refractivity contribution in [2.24, 2.45) is 63.1 Å². The third-order valence-electron chi connectivity index (χ3n) is 17.6. The average Bonchev–Trinajstić information content (AvgIpc) is 3.36. The highest BCUT2D eigenvalue weighted by Gasteiger charge is 2.70. The van der Waals surface area contributed by atoms with Crippen molar-refractivity contribution in [1.82, 2.24) is 14.9 Å². The topological polar surface area (TPSA) is 98.7 Å². The minimum Gasteiger partial charge on any atom is -0.478 e. The molecule has 1 aromatic carbocycles. The van der Waals surface area contributed by atoms with E-state index in [0.717, 1.165) is 32.6 Å². The molecule has 0 spiro atoms. The first-order valence-electron chi connectivity index (χ1n) is 20.5. The van der Waals surface area contributed by atoms with Gasteiger partial charge in [0.1, 0.15) is 0 Å². The Morgan fingerprint density at radius 2 is 1.62 bits per heavy atom. The van der Waals surface area contributed by atoms with Crippen molar-refractivity contribution >= 4 is 21.6 Å². The number of hydrogen-bond donors (Lipinski definition) is 3. The van der Waals surface area contributed by atoms with Crippen molar-refractivity contribution < 1.29 is 18.3 Å². The van der Waals surface area contributed by atoms with Gasteiger partial charge in [-0.05, 0) is 151 Å². The minimum absolute atomic E-state index is 0.0138. The first kappa shape index (κ1) is 36.9. The Labute approximate surface area is 313 Å². The molecule has 1 saturated heterocycles. The van der Waals surface area contributed by atoms with Crippen LogP contribution in [-0.2, 0) is 10.0 Å². The third-order valence-corrected chi connectivity index (χ3v) is 18.3. The van der Waals surface area contributed by atoms with Gasteiger partial charge in [0, 0.05) is 37.8 Å². The fraction of sp³-hybridized carbons (Fsp3) is 0.750. The van der Waals surface area contributed by atoms with Crippen LogP contribution in [0.2, 0.25) is 0 Å². The molecule has 8 rings (SSSR count). The molecule has 5 saturated carbocycles. The molecule has 7 nitrogen and oxygen atoms in total. The summed E-state index contributed by atoms with van der Waals surface area (Å²) >= 11 is 0. The van der Waals surface area contributed by atoms with E-state index in [2.05, 4.69) is 69.1 Å². The van der Waals surface area contributed by atoms with E-state index in [1.165, 1.54) is 74.3 Å². The zero-order valence-electron chi connectivity index (χ0n) is 32.9. The van der Waals surface area contributed by atoms with Gasteiger partial charge in [0.05, 0.1) is 11.8 Å². The number of hydrogen-bond acceptors (Lipinski definition) is 5. The predicted octanol–water partition coefficient (Wildman–Crippen LogP) is 7.86. The molecule has 3 N–H and O–H groups in total. The second kappa shape index (κ2) is 12.2. The maximum Gasteiger partial charge on any atom is 0.335 e. The first-order valence-corrected chi connectivity index (χ1v) is 22.4. The van der Waals surface area contributed by atoms with Gasteiger partial charge in [0.2, 0.25) is 10.0 Å². The first-order chi connectivity index (χ1) is 24.3. The normalized spacial score (nSPS) is 44.8. The van der Waals surface area contributed by atoms with Gasteiger partial charge in [0.25, 0.3) is 0 Å². The van der Waals surface area contributed by atoms with Crippen LogP contribution in [-0.4, -0.2) is 68.4 Å². The van der Waals surface area contributed by atoms with E-state index < -0.39 is 16.0 Å². The van der Waals surface area contributed by atoms with Gasteiger partial charge in [-0.15, -0.1) is 0 Å². The Kier molecular flexibility index (Phi) is 8.70. The number of likely N-dealkylation sites (tertiary alicyclic amines) is 1. The summed E-state index contributed by atoms with van der Waals surface area (Å²) in [6.45, 7) is 24.0. The smallest absolute Gasteiger partial charge is 0.335 e. The molecule has 7 aliphatic rings. The van der Waals surface area contributed by atoms with Crippen molar-refractivity contribution in [3.63, 3.8) is 0 Å². The van der Waals surface area contributed by atoms with E-state index in [1.54, 1.807) is 12.1 Å². The van der Waals surface area contributed by atoms with Crippen LogP contribution in [0.25, 0.3) is 5.57 Å². The molecule has 0 bridgehead atoms. The number of aromatic carboxylic acids is 1. The van der Waals surface area contributed by atoms with Crippen LogP contribution in [0.15, 0.2) is 42.5 Å². The van der Waals surface area contributed by atoms with Gasteiger partial charge in [-0.1, -0.05) is 65.0 Å². The van der Waals surface area contributed by atoms with E-state index in [4.69, 9.17) is 0 Å². The Bertz CT molecular complexity index is 1760. The second-order valence-corrected chi connectivity index (χ2v) is 22.0. The molecular weight excluding hydrogens is 667 g/mol. The average molecular weight is 732 g/mol. The van der Waals surface area contributed by atoms with Gasteiger partial charge in [-0.25, -0.2) is 17.9 Å². The van der Waals surface area contributed by atoms with Crippen molar-refractivity contribution in [1.29, 1.82) is 0 Å². The molecule has 286 valence electrons. The zero-order chi connectivity index (χ0) is 37.2. The molecule has 52 heavy (non-hydrogen) atoms. The number of nitrogens with zero attached hydrogens (tertiary/aromatic N) is 1. The Morgan fingerprint density at radius 1 is 0.923 bits per heavy atom. The lowest BCUT2D eigenvalue weighted by Crippen LogP contribution is -2.68. The van der Waals surface area contributed by atoms with Gasteiger partial charge < -0.3 is 15.3 Å². The molecule has 1 heterocycles. The number of carbonyl (C=O) groups is 1. The number of piperidine rings is 1. The molecule has 6 fully saturated rings. The zero-order valence-corrected chi connectivity index (χ0v) is 33.7. The molecule has 0 aromatic heterocycles. The van der Waals surface area contributed by atoms with E-state index in [1.807, 2.05) is 12.1 Å². The van der Waals surface area contributed by atoms with Crippen molar-refractivity contribution in [2.45, 2.75) is 111 Å². The number of fused-ring (bicyclic) bond motifs is 8. The van der Waals surface area contributed by atoms with Crippen molar-refractivity contribution in [3.8, 4) is 0 Å². The molecular formula is C44H65N3O4S. The third kappa shape index (κ3) is 5.49. The summed E-state index contributed by atoms with van der Waals surface area (Å²) in [4.78, 5) is 14.1. The number of sulfonamides is 1. The quantitative estimate of drug-likeness (QED) is 0.224. The van der Waals surface area contributed by atoms with Crippen LogP contribution in [0.3, 0.4) is 0 Å². The van der Waals surface area contributed by atoms with Crippen molar-refractivity contribution in [2.75, 3.05) is 32.4 Å². The van der Waals surface area contributed by atoms with Crippen LogP contribution in [0.5, 0.6) is 0 Å². The van der Waals surface area contributed by atoms with Gasteiger partial charge in [0.15, 0.2) is 0 Å². The monoisotopic (exact) mass is 731 g/mol. The fourth-order valence-electron chi connectivity index (χ4n) is 15.0. The van der Waals surface area contributed by atoms with Crippen LogP contribution < -0.4 is 10.0 Å². The lowest BCUT2D eigenvalue weighted by atomic mass is 9.33. The Morgan fingerprint density at radius 3 is 2.25 bits per heavy atom. The number of benzene rings is 1. The Balaban J connectivity index is 1.01. The number of nitrogens with one attached hydrogen (secondary N) is 2. The molecule has 1 aliphatic heterocycles. The highest BCUT2D eigenvalue weighted by Crippen LogP contribution is 2.76. The number of allylic oxidation sites excluding steroid dienone is 3. The Hall–Kier alpha value is -2.00. The number of carboxylic acid groups (broad SMARTS) is 1. The minimum atomic E-state index is -3.14. The molecule has 8 heteroatoms. The van der Waals surface area contributed by atoms with E-state index in [9.17, 15) is 18.3 Å². The lowest BCUT2D eigenvalue weighted by molar-refractivity contribution is -0.219. The molecule has 1 aromatic rings. The highest BCUT2D eigenvalue weighted by molar-refractivity contribution is 7.88. The van der Waals surface area contributed by atoms with Crippen LogP contribution >= 0.6 is 0 Å².